The van der Waals surface area contributed by atoms with Crippen molar-refractivity contribution in [1.82, 2.24) is 14.8 Å². The summed E-state index contributed by atoms with van der Waals surface area (Å²) in [4.78, 5) is 20.8. The number of carbonyl (C=O) groups is 1. The molecule has 2 aliphatic heterocycles. The van der Waals surface area contributed by atoms with Gasteiger partial charge >= 0.3 is 0 Å². The number of ether oxygens (including phenoxy) is 1. The van der Waals surface area contributed by atoms with Crippen LogP contribution in [0.25, 0.3) is 0 Å². The molecule has 142 valence electrons. The second kappa shape index (κ2) is 7.70. The molecule has 1 amide bonds. The molecule has 2 aliphatic rings. The first-order chi connectivity index (χ1) is 13.1. The zero-order valence-corrected chi connectivity index (χ0v) is 14.9. The van der Waals surface area contributed by atoms with Crippen molar-refractivity contribution in [3.8, 4) is 0 Å². The van der Waals surface area contributed by atoms with E-state index in [-0.39, 0.29) is 18.1 Å². The minimum atomic E-state index is -0.447. The standard InChI is InChI=1S/C20H21F2N3O2/c21-16-1-2-17(22)15(11-16)12-24-8-5-19-18(13-24)25(9-10-27-19)20(26)14-3-6-23-7-4-14/h1-4,6-7,11,18-19H,5,8-10,12-13H2/t18-,19-/m1/s1. The van der Waals surface area contributed by atoms with Crippen LogP contribution in [0.5, 0.6) is 0 Å². The van der Waals surface area contributed by atoms with E-state index in [0.29, 0.717) is 43.9 Å². The van der Waals surface area contributed by atoms with Crippen molar-refractivity contribution >= 4 is 5.91 Å². The number of fused-ring (bicyclic) bond motifs is 1. The topological polar surface area (TPSA) is 45.7 Å². The number of nitrogens with zero attached hydrogens (tertiary/aromatic N) is 3. The minimum absolute atomic E-state index is 0.0295. The fourth-order valence-electron chi connectivity index (χ4n) is 3.90. The van der Waals surface area contributed by atoms with Crippen molar-refractivity contribution < 1.29 is 18.3 Å². The van der Waals surface area contributed by atoms with E-state index in [2.05, 4.69) is 9.88 Å². The van der Waals surface area contributed by atoms with Gasteiger partial charge in [-0.1, -0.05) is 0 Å². The van der Waals surface area contributed by atoms with Crippen LogP contribution in [-0.2, 0) is 11.3 Å². The van der Waals surface area contributed by atoms with Gasteiger partial charge in [0.1, 0.15) is 11.6 Å². The Bertz CT molecular complexity index is 818. The van der Waals surface area contributed by atoms with E-state index in [9.17, 15) is 13.6 Å². The van der Waals surface area contributed by atoms with Gasteiger partial charge in [0.05, 0.1) is 18.8 Å². The highest BCUT2D eigenvalue weighted by Gasteiger charge is 2.39. The van der Waals surface area contributed by atoms with Crippen LogP contribution in [0.3, 0.4) is 0 Å². The number of piperidine rings is 1. The van der Waals surface area contributed by atoms with E-state index in [1.165, 1.54) is 6.07 Å². The monoisotopic (exact) mass is 373 g/mol. The summed E-state index contributed by atoms with van der Waals surface area (Å²) >= 11 is 0. The number of carbonyl (C=O) groups excluding carboxylic acids is 1. The first-order valence-electron chi connectivity index (χ1n) is 9.11. The second-order valence-corrected chi connectivity index (χ2v) is 6.97. The molecule has 0 N–H and O–H groups in total. The van der Waals surface area contributed by atoms with E-state index < -0.39 is 11.6 Å². The number of pyridine rings is 1. The Morgan fingerprint density at radius 3 is 2.81 bits per heavy atom. The summed E-state index contributed by atoms with van der Waals surface area (Å²) in [5, 5.41) is 0. The van der Waals surface area contributed by atoms with Crippen LogP contribution in [0.15, 0.2) is 42.7 Å². The number of rotatable bonds is 3. The summed E-state index contributed by atoms with van der Waals surface area (Å²) in [7, 11) is 0. The third-order valence-corrected chi connectivity index (χ3v) is 5.26. The lowest BCUT2D eigenvalue weighted by atomic mass is 9.97. The maximum absolute atomic E-state index is 14.0. The normalized spacial score (nSPS) is 23.1. The number of benzene rings is 1. The van der Waals surface area contributed by atoms with Gasteiger partial charge in [-0.3, -0.25) is 14.7 Å². The molecule has 1 aromatic heterocycles. The summed E-state index contributed by atoms with van der Waals surface area (Å²) in [5.74, 6) is -0.908. The average molecular weight is 373 g/mol. The molecule has 7 heteroatoms. The predicted molar refractivity (Wildman–Crippen MR) is 95.1 cm³/mol. The summed E-state index contributed by atoms with van der Waals surface area (Å²) in [5.41, 5.74) is 0.927. The third kappa shape index (κ3) is 3.84. The highest BCUT2D eigenvalue weighted by Crippen LogP contribution is 2.26. The predicted octanol–water partition coefficient (Wildman–Crippen LogP) is 2.48. The molecule has 2 atom stereocenters. The third-order valence-electron chi connectivity index (χ3n) is 5.26. The Balaban J connectivity index is 1.50. The van der Waals surface area contributed by atoms with Crippen molar-refractivity contribution in [2.75, 3.05) is 26.2 Å². The number of likely N-dealkylation sites (tertiary alicyclic amines) is 1. The molecule has 0 unspecified atom stereocenters. The van der Waals surface area contributed by atoms with Crippen molar-refractivity contribution in [2.45, 2.75) is 25.1 Å². The van der Waals surface area contributed by atoms with E-state index >= 15 is 0 Å². The molecule has 0 spiro atoms. The molecule has 1 aromatic carbocycles. The van der Waals surface area contributed by atoms with Gasteiger partial charge < -0.3 is 9.64 Å². The van der Waals surface area contributed by atoms with Crippen molar-refractivity contribution in [2.24, 2.45) is 0 Å². The number of hydrogen-bond acceptors (Lipinski definition) is 4. The molecule has 2 saturated heterocycles. The molecule has 5 nitrogen and oxygen atoms in total. The summed E-state index contributed by atoms with van der Waals surface area (Å²) in [6, 6.07) is 6.81. The van der Waals surface area contributed by atoms with Gasteiger partial charge in [-0.05, 0) is 36.8 Å². The van der Waals surface area contributed by atoms with Gasteiger partial charge in [-0.25, -0.2) is 8.78 Å². The molecule has 2 fully saturated rings. The average Bonchev–Trinajstić information content (AvgIpc) is 2.70. The molecule has 2 aromatic rings. The highest BCUT2D eigenvalue weighted by atomic mass is 19.1. The Labute approximate surface area is 156 Å². The van der Waals surface area contributed by atoms with Crippen molar-refractivity contribution in [1.29, 1.82) is 0 Å². The van der Waals surface area contributed by atoms with Crippen LogP contribution < -0.4 is 0 Å². The largest absolute Gasteiger partial charge is 0.374 e. The van der Waals surface area contributed by atoms with Gasteiger partial charge in [0.25, 0.3) is 5.91 Å². The van der Waals surface area contributed by atoms with Crippen molar-refractivity contribution in [3.63, 3.8) is 0 Å². The molecule has 0 bridgehead atoms. The van der Waals surface area contributed by atoms with Crippen LogP contribution >= 0.6 is 0 Å². The smallest absolute Gasteiger partial charge is 0.254 e. The lowest BCUT2D eigenvalue weighted by Gasteiger charge is -2.47. The number of morpholine rings is 1. The zero-order valence-electron chi connectivity index (χ0n) is 14.9. The number of halogens is 2. The van der Waals surface area contributed by atoms with Crippen LogP contribution in [0, 0.1) is 11.6 Å². The Morgan fingerprint density at radius 1 is 1.19 bits per heavy atom. The summed E-state index contributed by atoms with van der Waals surface area (Å²) < 4.78 is 33.3. The number of aromatic nitrogens is 1. The summed E-state index contributed by atoms with van der Waals surface area (Å²) in [6.45, 7) is 2.62. The minimum Gasteiger partial charge on any atom is -0.374 e. The van der Waals surface area contributed by atoms with E-state index in [1.807, 2.05) is 4.90 Å². The molecule has 27 heavy (non-hydrogen) atoms. The van der Waals surface area contributed by atoms with Crippen LogP contribution in [-0.4, -0.2) is 59.1 Å². The van der Waals surface area contributed by atoms with Gasteiger partial charge in [-0.2, -0.15) is 0 Å². The molecule has 4 rings (SSSR count). The maximum Gasteiger partial charge on any atom is 0.254 e. The van der Waals surface area contributed by atoms with Gasteiger partial charge in [0.2, 0.25) is 0 Å². The molecular weight excluding hydrogens is 352 g/mol. The first-order valence-corrected chi connectivity index (χ1v) is 9.11. The SMILES string of the molecule is O=C(c1ccncc1)N1CCO[C@@H]2CCN(Cc3cc(F)ccc3F)C[C@H]21. The lowest BCUT2D eigenvalue weighted by molar-refractivity contribution is -0.0915. The van der Waals surface area contributed by atoms with Crippen LogP contribution in [0.2, 0.25) is 0 Å². The molecule has 3 heterocycles. The van der Waals surface area contributed by atoms with Crippen molar-refractivity contribution in [3.05, 3.63) is 65.5 Å². The van der Waals surface area contributed by atoms with Gasteiger partial charge in [-0.15, -0.1) is 0 Å². The lowest BCUT2D eigenvalue weighted by Crippen LogP contribution is -2.61. The molecule has 0 aliphatic carbocycles. The molecule has 0 saturated carbocycles. The highest BCUT2D eigenvalue weighted by molar-refractivity contribution is 5.94. The molecular formula is C20H21F2N3O2. The number of amides is 1. The number of hydrogen-bond donors (Lipinski definition) is 0. The zero-order chi connectivity index (χ0) is 18.8. The fraction of sp³-hybridized carbons (Fsp3) is 0.400. The van der Waals surface area contributed by atoms with Crippen LogP contribution in [0.1, 0.15) is 22.3 Å². The Hall–Kier alpha value is -2.38. The van der Waals surface area contributed by atoms with Gasteiger partial charge in [0.15, 0.2) is 0 Å². The van der Waals surface area contributed by atoms with Gasteiger partial charge in [0, 0.05) is 49.7 Å². The summed E-state index contributed by atoms with van der Waals surface area (Å²) in [6.07, 6.45) is 3.93. The Morgan fingerprint density at radius 2 is 2.00 bits per heavy atom. The fourth-order valence-corrected chi connectivity index (χ4v) is 3.90. The van der Waals surface area contributed by atoms with Crippen LogP contribution in [0.4, 0.5) is 8.78 Å². The van der Waals surface area contributed by atoms with E-state index in [4.69, 9.17) is 4.74 Å². The Kier molecular flexibility index (Phi) is 5.13. The van der Waals surface area contributed by atoms with E-state index in [0.717, 1.165) is 18.6 Å². The quantitative estimate of drug-likeness (QED) is 0.829. The second-order valence-electron chi connectivity index (χ2n) is 6.97. The van der Waals surface area contributed by atoms with E-state index in [1.54, 1.807) is 24.5 Å². The first kappa shape index (κ1) is 18.0. The maximum atomic E-state index is 14.0. The molecule has 0 radical (unpaired) electrons.